The highest BCUT2D eigenvalue weighted by molar-refractivity contribution is 5.87. The lowest BCUT2D eigenvalue weighted by Crippen LogP contribution is -2.52. The van der Waals surface area contributed by atoms with Crippen LogP contribution in [0.4, 0.5) is 0 Å². The van der Waals surface area contributed by atoms with Gasteiger partial charge in [-0.15, -0.1) is 0 Å². The highest BCUT2D eigenvalue weighted by Gasteiger charge is 2.52. The highest BCUT2D eigenvalue weighted by atomic mass is 16.4. The zero-order valence-corrected chi connectivity index (χ0v) is 11.9. The summed E-state index contributed by atoms with van der Waals surface area (Å²) in [6.07, 6.45) is 4.87. The van der Waals surface area contributed by atoms with Gasteiger partial charge in [0.05, 0.1) is 11.8 Å². The van der Waals surface area contributed by atoms with Gasteiger partial charge in [0.1, 0.15) is 0 Å². The number of carboxylic acid groups (broad SMARTS) is 1. The molecule has 0 aromatic heterocycles. The van der Waals surface area contributed by atoms with E-state index < -0.39 is 11.9 Å². The van der Waals surface area contributed by atoms with Crippen LogP contribution in [0.5, 0.6) is 0 Å². The van der Waals surface area contributed by atoms with Gasteiger partial charge in [0.15, 0.2) is 0 Å². The third kappa shape index (κ3) is 2.14. The Balaban J connectivity index is 1.71. The molecule has 0 aromatic carbocycles. The fourth-order valence-electron chi connectivity index (χ4n) is 3.99. The molecule has 2 bridgehead atoms. The summed E-state index contributed by atoms with van der Waals surface area (Å²) >= 11 is 0. The number of rotatable bonds is 3. The van der Waals surface area contributed by atoms with E-state index in [4.69, 9.17) is 0 Å². The number of hydrogen-bond acceptors (Lipinski definition) is 3. The zero-order valence-electron chi connectivity index (χ0n) is 11.9. The third-order valence-corrected chi connectivity index (χ3v) is 5.16. The summed E-state index contributed by atoms with van der Waals surface area (Å²) in [6.45, 7) is 6.40. The number of carboxylic acids is 1. The number of piperazine rings is 1. The van der Waals surface area contributed by atoms with Crippen LogP contribution in [-0.4, -0.2) is 59.5 Å². The molecule has 2 aliphatic carbocycles. The molecule has 1 saturated heterocycles. The Morgan fingerprint density at radius 2 is 1.70 bits per heavy atom. The van der Waals surface area contributed by atoms with E-state index in [2.05, 4.69) is 17.9 Å². The van der Waals surface area contributed by atoms with Gasteiger partial charge in [-0.25, -0.2) is 0 Å². The number of likely N-dealkylation sites (N-methyl/N-ethyl adjacent to an activating group) is 1. The largest absolute Gasteiger partial charge is 0.481 e. The van der Waals surface area contributed by atoms with Gasteiger partial charge in [-0.2, -0.15) is 0 Å². The van der Waals surface area contributed by atoms with E-state index in [1.165, 1.54) is 0 Å². The van der Waals surface area contributed by atoms with Gasteiger partial charge < -0.3 is 14.9 Å². The third-order valence-electron chi connectivity index (χ3n) is 5.16. The van der Waals surface area contributed by atoms with Gasteiger partial charge in [0.25, 0.3) is 0 Å². The summed E-state index contributed by atoms with van der Waals surface area (Å²) in [4.78, 5) is 28.4. The van der Waals surface area contributed by atoms with Crippen LogP contribution in [0.2, 0.25) is 0 Å². The minimum absolute atomic E-state index is 0.0587. The van der Waals surface area contributed by atoms with Crippen molar-refractivity contribution in [3.63, 3.8) is 0 Å². The molecule has 1 amide bonds. The van der Waals surface area contributed by atoms with Gasteiger partial charge in [-0.3, -0.25) is 9.59 Å². The fourth-order valence-corrected chi connectivity index (χ4v) is 3.99. The first-order chi connectivity index (χ1) is 9.61. The molecule has 5 nitrogen and oxygen atoms in total. The van der Waals surface area contributed by atoms with Gasteiger partial charge in [0, 0.05) is 26.2 Å². The van der Waals surface area contributed by atoms with Gasteiger partial charge in [-0.05, 0) is 24.8 Å². The molecule has 1 aliphatic heterocycles. The molecular formula is C15H22N2O3. The van der Waals surface area contributed by atoms with E-state index >= 15 is 0 Å². The number of fused-ring (bicyclic) bond motifs is 2. The predicted octanol–water partition coefficient (Wildman–Crippen LogP) is 0.673. The van der Waals surface area contributed by atoms with E-state index in [1.807, 2.05) is 11.0 Å². The quantitative estimate of drug-likeness (QED) is 0.771. The summed E-state index contributed by atoms with van der Waals surface area (Å²) in [7, 11) is 0. The zero-order chi connectivity index (χ0) is 14.3. The van der Waals surface area contributed by atoms with E-state index in [0.717, 1.165) is 39.1 Å². The van der Waals surface area contributed by atoms with Crippen LogP contribution in [0.15, 0.2) is 12.2 Å². The number of aliphatic carboxylic acids is 1. The Morgan fingerprint density at radius 3 is 2.25 bits per heavy atom. The molecule has 3 aliphatic rings. The van der Waals surface area contributed by atoms with Crippen LogP contribution in [0.1, 0.15) is 13.3 Å². The Labute approximate surface area is 119 Å². The Bertz CT molecular complexity index is 440. The van der Waals surface area contributed by atoms with Crippen LogP contribution in [0, 0.1) is 23.7 Å². The number of nitrogens with zero attached hydrogens (tertiary/aromatic N) is 2. The summed E-state index contributed by atoms with van der Waals surface area (Å²) in [5.41, 5.74) is 0. The predicted molar refractivity (Wildman–Crippen MR) is 74.0 cm³/mol. The van der Waals surface area contributed by atoms with Crippen molar-refractivity contribution in [3.8, 4) is 0 Å². The van der Waals surface area contributed by atoms with E-state index in [1.54, 1.807) is 0 Å². The van der Waals surface area contributed by atoms with E-state index in [-0.39, 0.29) is 23.7 Å². The van der Waals surface area contributed by atoms with Crippen LogP contribution in [0.25, 0.3) is 0 Å². The van der Waals surface area contributed by atoms with Crippen LogP contribution >= 0.6 is 0 Å². The lowest BCUT2D eigenvalue weighted by Gasteiger charge is -2.37. The molecule has 1 heterocycles. The van der Waals surface area contributed by atoms with Crippen LogP contribution < -0.4 is 0 Å². The van der Waals surface area contributed by atoms with Crippen molar-refractivity contribution in [1.29, 1.82) is 0 Å². The van der Waals surface area contributed by atoms with Gasteiger partial charge in [0.2, 0.25) is 5.91 Å². The lowest BCUT2D eigenvalue weighted by atomic mass is 9.82. The molecule has 4 unspecified atom stereocenters. The molecule has 0 spiro atoms. The van der Waals surface area contributed by atoms with Crippen LogP contribution in [0.3, 0.4) is 0 Å². The number of amides is 1. The van der Waals surface area contributed by atoms with Crippen molar-refractivity contribution >= 4 is 11.9 Å². The molecule has 20 heavy (non-hydrogen) atoms. The molecule has 110 valence electrons. The number of hydrogen-bond donors (Lipinski definition) is 1. The smallest absolute Gasteiger partial charge is 0.307 e. The van der Waals surface area contributed by atoms with Crippen molar-refractivity contribution in [2.75, 3.05) is 32.7 Å². The van der Waals surface area contributed by atoms with Gasteiger partial charge in [-0.1, -0.05) is 19.1 Å². The Kier molecular flexibility index (Phi) is 3.54. The maximum Gasteiger partial charge on any atom is 0.307 e. The first kappa shape index (κ1) is 13.6. The molecule has 5 heteroatoms. The Morgan fingerprint density at radius 1 is 1.10 bits per heavy atom. The molecule has 1 saturated carbocycles. The summed E-state index contributed by atoms with van der Waals surface area (Å²) < 4.78 is 0. The topological polar surface area (TPSA) is 60.9 Å². The van der Waals surface area contributed by atoms with Crippen molar-refractivity contribution in [2.45, 2.75) is 13.3 Å². The van der Waals surface area contributed by atoms with Crippen LogP contribution in [-0.2, 0) is 9.59 Å². The SMILES string of the molecule is CCN1CCN(C(=O)C2C3C=CC(C3)C2C(=O)O)CC1. The molecule has 0 aromatic rings. The first-order valence-corrected chi connectivity index (χ1v) is 7.54. The van der Waals surface area contributed by atoms with Crippen molar-refractivity contribution in [2.24, 2.45) is 23.7 Å². The number of carbonyl (C=O) groups excluding carboxylic acids is 1. The fraction of sp³-hybridized carbons (Fsp3) is 0.733. The molecule has 0 radical (unpaired) electrons. The molecule has 2 fully saturated rings. The first-order valence-electron chi connectivity index (χ1n) is 7.54. The van der Waals surface area contributed by atoms with E-state index in [9.17, 15) is 14.7 Å². The summed E-state index contributed by atoms with van der Waals surface area (Å²) in [5.74, 6) is -1.41. The van der Waals surface area contributed by atoms with Crippen molar-refractivity contribution < 1.29 is 14.7 Å². The molecular weight excluding hydrogens is 256 g/mol. The molecule has 3 rings (SSSR count). The maximum absolute atomic E-state index is 12.7. The maximum atomic E-state index is 12.7. The van der Waals surface area contributed by atoms with Gasteiger partial charge >= 0.3 is 5.97 Å². The van der Waals surface area contributed by atoms with Crippen molar-refractivity contribution in [3.05, 3.63) is 12.2 Å². The number of allylic oxidation sites excluding steroid dienone is 2. The monoisotopic (exact) mass is 278 g/mol. The average molecular weight is 278 g/mol. The lowest BCUT2D eigenvalue weighted by molar-refractivity contribution is -0.151. The second kappa shape index (κ2) is 5.20. The Hall–Kier alpha value is -1.36. The summed E-state index contributed by atoms with van der Waals surface area (Å²) in [5, 5.41) is 9.42. The van der Waals surface area contributed by atoms with Crippen molar-refractivity contribution in [1.82, 2.24) is 9.80 Å². The minimum atomic E-state index is -0.813. The second-order valence-corrected chi connectivity index (χ2v) is 6.10. The second-order valence-electron chi connectivity index (χ2n) is 6.10. The highest BCUT2D eigenvalue weighted by Crippen LogP contribution is 2.48. The normalized spacial score (nSPS) is 36.5. The van der Waals surface area contributed by atoms with E-state index in [0.29, 0.717) is 0 Å². The standard InChI is InChI=1S/C15H22N2O3/c1-2-16-5-7-17(8-6-16)14(18)12-10-3-4-11(9-10)13(12)15(19)20/h3-4,10-13H,2,5-9H2,1H3,(H,19,20). The average Bonchev–Trinajstić information content (AvgIpc) is 3.07. The minimum Gasteiger partial charge on any atom is -0.481 e. The number of carbonyl (C=O) groups is 2. The molecule has 4 atom stereocenters. The molecule has 1 N–H and O–H groups in total. The summed E-state index contributed by atoms with van der Waals surface area (Å²) in [6, 6.07) is 0.